The maximum Gasteiger partial charge on any atom is 0.413 e. The van der Waals surface area contributed by atoms with Gasteiger partial charge in [-0.2, -0.15) is 0 Å². The highest BCUT2D eigenvalue weighted by molar-refractivity contribution is 5.72. The second kappa shape index (κ2) is 8.70. The Morgan fingerprint density at radius 3 is 2.06 bits per heavy atom. The van der Waals surface area contributed by atoms with E-state index in [0.717, 1.165) is 5.56 Å². The van der Waals surface area contributed by atoms with Crippen LogP contribution in [0, 0.1) is 0 Å². The second-order valence-corrected chi connectivity index (χ2v) is 7.38. The van der Waals surface area contributed by atoms with Crippen molar-refractivity contribution in [2.24, 2.45) is 0 Å². The zero-order valence-electron chi connectivity index (χ0n) is 17.5. The molecule has 1 N–H and O–H groups in total. The molecule has 3 aromatic rings. The van der Waals surface area contributed by atoms with Crippen LogP contribution in [-0.2, 0) is 16.9 Å². The summed E-state index contributed by atoms with van der Waals surface area (Å²) in [6, 6.07) is 24.0. The van der Waals surface area contributed by atoms with E-state index < -0.39 is 17.9 Å². The first-order valence-electron chi connectivity index (χ1n) is 10.1. The van der Waals surface area contributed by atoms with Crippen molar-refractivity contribution >= 4 is 6.09 Å². The van der Waals surface area contributed by atoms with E-state index in [9.17, 15) is 9.90 Å². The summed E-state index contributed by atoms with van der Waals surface area (Å²) in [5.41, 5.74) is 0.621. The first-order valence-corrected chi connectivity index (χ1v) is 10.1. The van der Waals surface area contributed by atoms with Gasteiger partial charge in [-0.15, -0.1) is 0 Å². The van der Waals surface area contributed by atoms with Crippen molar-refractivity contribution in [2.75, 3.05) is 20.8 Å². The molecule has 0 unspecified atom stereocenters. The minimum Gasteiger partial charge on any atom is -0.497 e. The van der Waals surface area contributed by atoms with Crippen LogP contribution >= 0.6 is 0 Å². The minimum absolute atomic E-state index is 0.304. The van der Waals surface area contributed by atoms with Gasteiger partial charge in [-0.3, -0.25) is 4.90 Å². The highest BCUT2D eigenvalue weighted by atomic mass is 16.6. The molecule has 160 valence electrons. The second-order valence-electron chi connectivity index (χ2n) is 7.38. The van der Waals surface area contributed by atoms with E-state index in [0.29, 0.717) is 35.6 Å². The molecule has 0 aliphatic carbocycles. The van der Waals surface area contributed by atoms with Crippen LogP contribution in [0.2, 0.25) is 0 Å². The smallest absolute Gasteiger partial charge is 0.413 e. The Morgan fingerprint density at radius 1 is 0.903 bits per heavy atom. The van der Waals surface area contributed by atoms with Gasteiger partial charge in [0, 0.05) is 12.1 Å². The normalized spacial score (nSPS) is 20.4. The highest BCUT2D eigenvalue weighted by Gasteiger charge is 2.55. The highest BCUT2D eigenvalue weighted by Crippen LogP contribution is 2.47. The molecule has 31 heavy (non-hydrogen) atoms. The number of rotatable bonds is 7. The third kappa shape index (κ3) is 3.94. The number of ether oxygens (including phenoxy) is 3. The lowest BCUT2D eigenvalue weighted by Crippen LogP contribution is -2.46. The molecule has 6 nitrogen and oxygen atoms in total. The lowest BCUT2D eigenvalue weighted by atomic mass is 9.91. The third-order valence-electron chi connectivity index (χ3n) is 5.62. The van der Waals surface area contributed by atoms with E-state index in [1.165, 1.54) is 4.90 Å². The summed E-state index contributed by atoms with van der Waals surface area (Å²) >= 11 is 0. The number of amides is 1. The number of hydrogen-bond acceptors (Lipinski definition) is 5. The van der Waals surface area contributed by atoms with Gasteiger partial charge in [-0.25, -0.2) is 4.79 Å². The van der Waals surface area contributed by atoms with Crippen LogP contribution in [0.3, 0.4) is 0 Å². The molecule has 0 radical (unpaired) electrons. The predicted octanol–water partition coefficient (Wildman–Crippen LogP) is 4.29. The third-order valence-corrected chi connectivity index (χ3v) is 5.62. The first-order chi connectivity index (χ1) is 15.1. The van der Waals surface area contributed by atoms with Crippen LogP contribution in [0.5, 0.6) is 11.5 Å². The average molecular weight is 419 g/mol. The summed E-state index contributed by atoms with van der Waals surface area (Å²) < 4.78 is 16.2. The van der Waals surface area contributed by atoms with E-state index in [4.69, 9.17) is 14.2 Å². The Morgan fingerprint density at radius 2 is 1.48 bits per heavy atom. The maximum atomic E-state index is 12.9. The number of nitrogens with zero attached hydrogens (tertiary/aromatic N) is 1. The molecule has 0 saturated carbocycles. The van der Waals surface area contributed by atoms with Crippen molar-refractivity contribution in [1.29, 1.82) is 0 Å². The van der Waals surface area contributed by atoms with Gasteiger partial charge in [0.2, 0.25) is 5.72 Å². The number of carbonyl (C=O) groups is 1. The van der Waals surface area contributed by atoms with Gasteiger partial charge in [-0.05, 0) is 41.8 Å². The van der Waals surface area contributed by atoms with Crippen molar-refractivity contribution < 1.29 is 24.1 Å². The van der Waals surface area contributed by atoms with Crippen LogP contribution in [0.1, 0.15) is 22.8 Å². The molecular weight excluding hydrogens is 394 g/mol. The van der Waals surface area contributed by atoms with E-state index in [-0.39, 0.29) is 0 Å². The molecule has 0 aromatic heterocycles. The van der Waals surface area contributed by atoms with Gasteiger partial charge < -0.3 is 19.3 Å². The molecule has 1 aliphatic heterocycles. The molecule has 1 aliphatic rings. The van der Waals surface area contributed by atoms with E-state index in [2.05, 4.69) is 0 Å². The fourth-order valence-corrected chi connectivity index (χ4v) is 3.90. The Bertz CT molecular complexity index is 1020. The maximum absolute atomic E-state index is 12.9. The lowest BCUT2D eigenvalue weighted by molar-refractivity contribution is -0.109. The quantitative estimate of drug-likeness (QED) is 0.619. The monoisotopic (exact) mass is 419 g/mol. The molecular formula is C25H25NO5. The summed E-state index contributed by atoms with van der Waals surface area (Å²) in [5, 5.41) is 12.0. The fraction of sp³-hybridized carbons (Fsp3) is 0.240. The van der Waals surface area contributed by atoms with Crippen LogP contribution < -0.4 is 9.47 Å². The molecule has 3 aromatic carbocycles. The Balaban J connectivity index is 1.72. The Labute approximate surface area is 181 Å². The zero-order valence-corrected chi connectivity index (χ0v) is 17.5. The zero-order chi connectivity index (χ0) is 21.8. The summed E-state index contributed by atoms with van der Waals surface area (Å²) in [6.45, 7) is 0.304. The van der Waals surface area contributed by atoms with Crippen LogP contribution in [0.15, 0.2) is 78.9 Å². The Hall–Kier alpha value is -3.51. The van der Waals surface area contributed by atoms with E-state index >= 15 is 0 Å². The number of carbonyl (C=O) groups excluding carboxylic acids is 1. The van der Waals surface area contributed by atoms with Crippen molar-refractivity contribution in [2.45, 2.75) is 18.2 Å². The van der Waals surface area contributed by atoms with Gasteiger partial charge >= 0.3 is 6.09 Å². The number of hydrogen-bond donors (Lipinski definition) is 1. The summed E-state index contributed by atoms with van der Waals surface area (Å²) in [5.74, 6) is 1.34. The minimum atomic E-state index is -1.67. The summed E-state index contributed by atoms with van der Waals surface area (Å²) in [4.78, 5) is 14.3. The predicted molar refractivity (Wildman–Crippen MR) is 116 cm³/mol. The van der Waals surface area contributed by atoms with Crippen molar-refractivity contribution in [3.63, 3.8) is 0 Å². The molecule has 1 saturated heterocycles. The van der Waals surface area contributed by atoms with E-state index in [1.54, 1.807) is 62.8 Å². The van der Waals surface area contributed by atoms with Crippen LogP contribution in [0.25, 0.3) is 0 Å². The molecule has 0 spiro atoms. The molecule has 1 fully saturated rings. The van der Waals surface area contributed by atoms with Crippen molar-refractivity contribution in [3.05, 3.63) is 95.6 Å². The topological polar surface area (TPSA) is 68.2 Å². The van der Waals surface area contributed by atoms with Gasteiger partial charge in [0.1, 0.15) is 11.5 Å². The number of methoxy groups -OCH3 is 2. The van der Waals surface area contributed by atoms with Gasteiger partial charge in [0.15, 0.2) is 6.10 Å². The fourth-order valence-electron chi connectivity index (χ4n) is 3.90. The SMILES string of the molecule is COc1ccc([C@H]2OC(=O)N(CCc3ccccc3)[C@]2(O)c2ccc(OC)cc2)cc1. The van der Waals surface area contributed by atoms with Crippen LogP contribution in [-0.4, -0.2) is 36.9 Å². The van der Waals surface area contributed by atoms with Gasteiger partial charge in [-0.1, -0.05) is 54.6 Å². The standard InChI is InChI=1S/C25H25NO5/c1-29-21-12-8-19(9-13-21)23-25(28,20-10-14-22(30-2)15-11-20)26(24(27)31-23)17-16-18-6-4-3-5-7-18/h3-15,23,28H,16-17H2,1-2H3/t23-,25+/m1/s1. The molecule has 0 bridgehead atoms. The number of aliphatic hydroxyl groups is 1. The molecule has 1 amide bonds. The summed E-state index contributed by atoms with van der Waals surface area (Å²) in [6.07, 6.45) is -0.867. The van der Waals surface area contributed by atoms with Crippen LogP contribution in [0.4, 0.5) is 4.79 Å². The number of cyclic esters (lactones) is 1. The molecule has 1 heterocycles. The van der Waals surface area contributed by atoms with Crippen molar-refractivity contribution in [3.8, 4) is 11.5 Å². The average Bonchev–Trinajstić information content (AvgIpc) is 3.09. The molecule has 4 rings (SSSR count). The van der Waals surface area contributed by atoms with Gasteiger partial charge in [0.25, 0.3) is 0 Å². The largest absolute Gasteiger partial charge is 0.497 e. The summed E-state index contributed by atoms with van der Waals surface area (Å²) in [7, 11) is 3.17. The number of benzene rings is 3. The molecule has 6 heteroatoms. The molecule has 2 atom stereocenters. The van der Waals surface area contributed by atoms with Gasteiger partial charge in [0.05, 0.1) is 14.2 Å². The van der Waals surface area contributed by atoms with E-state index in [1.807, 2.05) is 30.3 Å². The Kier molecular flexibility index (Phi) is 5.82. The lowest BCUT2D eigenvalue weighted by Gasteiger charge is -2.35. The van der Waals surface area contributed by atoms with Crippen molar-refractivity contribution in [1.82, 2.24) is 4.90 Å². The first kappa shape index (κ1) is 20.8.